The van der Waals surface area contributed by atoms with Crippen LogP contribution in [-0.2, 0) is 0 Å². The van der Waals surface area contributed by atoms with Gasteiger partial charge in [-0.05, 0) is 6.08 Å². The summed E-state index contributed by atoms with van der Waals surface area (Å²) in [5, 5.41) is 2.77. The summed E-state index contributed by atoms with van der Waals surface area (Å²) >= 11 is 11.0. The SMILES string of the molecule is ClC=CC(Cl)Nc1ncncn1. The highest BCUT2D eigenvalue weighted by Gasteiger charge is 1.99. The number of hydrogen-bond acceptors (Lipinski definition) is 4. The zero-order valence-corrected chi connectivity index (χ0v) is 7.50. The van der Waals surface area contributed by atoms with Gasteiger partial charge < -0.3 is 5.32 Å². The monoisotopic (exact) mass is 204 g/mol. The van der Waals surface area contributed by atoms with Crippen molar-refractivity contribution in [3.8, 4) is 0 Å². The van der Waals surface area contributed by atoms with E-state index in [0.717, 1.165) is 0 Å². The van der Waals surface area contributed by atoms with Gasteiger partial charge in [0.2, 0.25) is 5.95 Å². The van der Waals surface area contributed by atoms with Crippen molar-refractivity contribution in [3.63, 3.8) is 0 Å². The van der Waals surface area contributed by atoms with Crippen LogP contribution in [0.25, 0.3) is 0 Å². The third-order valence-electron chi connectivity index (χ3n) is 1.00. The van der Waals surface area contributed by atoms with Crippen LogP contribution in [0.4, 0.5) is 5.95 Å². The molecule has 4 nitrogen and oxygen atoms in total. The van der Waals surface area contributed by atoms with Gasteiger partial charge >= 0.3 is 0 Å². The van der Waals surface area contributed by atoms with E-state index >= 15 is 0 Å². The number of alkyl halides is 1. The maximum atomic E-state index is 5.73. The van der Waals surface area contributed by atoms with Gasteiger partial charge in [-0.15, -0.1) is 0 Å². The average Bonchev–Trinajstić information content (AvgIpc) is 2.06. The molecule has 0 aliphatic heterocycles. The molecule has 0 saturated carbocycles. The number of rotatable bonds is 3. The minimum atomic E-state index is -0.412. The van der Waals surface area contributed by atoms with E-state index in [4.69, 9.17) is 23.2 Å². The normalized spacial score (nSPS) is 13.2. The van der Waals surface area contributed by atoms with E-state index in [0.29, 0.717) is 5.95 Å². The van der Waals surface area contributed by atoms with Crippen molar-refractivity contribution in [2.75, 3.05) is 5.32 Å². The van der Waals surface area contributed by atoms with E-state index in [9.17, 15) is 0 Å². The van der Waals surface area contributed by atoms with Crippen LogP contribution in [0, 0.1) is 0 Å². The third kappa shape index (κ3) is 3.02. The molecule has 0 saturated heterocycles. The van der Waals surface area contributed by atoms with Crippen molar-refractivity contribution in [2.45, 2.75) is 5.50 Å². The molecule has 1 unspecified atom stereocenters. The molecule has 12 heavy (non-hydrogen) atoms. The fourth-order valence-electron chi connectivity index (χ4n) is 0.549. The maximum absolute atomic E-state index is 5.73. The Balaban J connectivity index is 2.52. The molecule has 1 N–H and O–H groups in total. The first kappa shape index (κ1) is 9.22. The van der Waals surface area contributed by atoms with Gasteiger partial charge in [-0.1, -0.05) is 23.2 Å². The van der Waals surface area contributed by atoms with Crippen LogP contribution in [-0.4, -0.2) is 20.5 Å². The molecule has 0 aliphatic rings. The summed E-state index contributed by atoms with van der Waals surface area (Å²) in [6.07, 6.45) is 4.32. The van der Waals surface area contributed by atoms with E-state index in [-0.39, 0.29) is 0 Å². The Hall–Kier alpha value is -0.870. The number of aromatic nitrogens is 3. The van der Waals surface area contributed by atoms with E-state index in [1.807, 2.05) is 0 Å². The molecule has 6 heteroatoms. The lowest BCUT2D eigenvalue weighted by Crippen LogP contribution is -2.11. The van der Waals surface area contributed by atoms with Gasteiger partial charge in [0.25, 0.3) is 0 Å². The largest absolute Gasteiger partial charge is 0.335 e. The Bertz CT molecular complexity index is 251. The second kappa shape index (κ2) is 4.90. The third-order valence-corrected chi connectivity index (χ3v) is 1.40. The Kier molecular flexibility index (Phi) is 3.76. The topological polar surface area (TPSA) is 50.7 Å². The average molecular weight is 205 g/mol. The molecule has 1 aromatic rings. The summed E-state index contributed by atoms with van der Waals surface area (Å²) < 4.78 is 0. The first-order valence-electron chi connectivity index (χ1n) is 3.12. The second-order valence-electron chi connectivity index (χ2n) is 1.83. The Labute approximate surface area is 79.7 Å². The van der Waals surface area contributed by atoms with Crippen LogP contribution >= 0.6 is 23.2 Å². The lowest BCUT2D eigenvalue weighted by Gasteiger charge is -2.04. The van der Waals surface area contributed by atoms with Crippen LogP contribution in [0.3, 0.4) is 0 Å². The summed E-state index contributed by atoms with van der Waals surface area (Å²) in [5.74, 6) is 0.416. The van der Waals surface area contributed by atoms with Crippen LogP contribution in [0.15, 0.2) is 24.3 Å². The van der Waals surface area contributed by atoms with E-state index in [1.165, 1.54) is 18.2 Å². The predicted molar refractivity (Wildman–Crippen MR) is 48.1 cm³/mol. The minimum absolute atomic E-state index is 0.412. The van der Waals surface area contributed by atoms with Crippen molar-refractivity contribution in [3.05, 3.63) is 24.3 Å². The molecule has 1 heterocycles. The highest BCUT2D eigenvalue weighted by atomic mass is 35.5. The molecular weight excluding hydrogens is 199 g/mol. The van der Waals surface area contributed by atoms with Gasteiger partial charge in [0.15, 0.2) is 0 Å². The summed E-state index contributed by atoms with van der Waals surface area (Å²) in [6.45, 7) is 0. The summed E-state index contributed by atoms with van der Waals surface area (Å²) in [6, 6.07) is 0. The molecule has 0 aliphatic carbocycles. The second-order valence-corrected chi connectivity index (χ2v) is 2.55. The fourth-order valence-corrected chi connectivity index (χ4v) is 0.939. The molecule has 0 spiro atoms. The van der Waals surface area contributed by atoms with E-state index in [2.05, 4.69) is 20.3 Å². The van der Waals surface area contributed by atoms with Crippen molar-refractivity contribution in [1.82, 2.24) is 15.0 Å². The van der Waals surface area contributed by atoms with E-state index < -0.39 is 5.50 Å². The van der Waals surface area contributed by atoms with Gasteiger partial charge in [-0.25, -0.2) is 15.0 Å². The number of nitrogens with one attached hydrogen (secondary N) is 1. The zero-order chi connectivity index (χ0) is 8.81. The number of halogens is 2. The molecule has 1 atom stereocenters. The minimum Gasteiger partial charge on any atom is -0.335 e. The number of hydrogen-bond donors (Lipinski definition) is 1. The Morgan fingerprint density at radius 2 is 2.08 bits per heavy atom. The Morgan fingerprint density at radius 3 is 2.67 bits per heavy atom. The van der Waals surface area contributed by atoms with Gasteiger partial charge in [0.05, 0.1) is 0 Å². The first-order chi connectivity index (χ1) is 5.83. The van der Waals surface area contributed by atoms with E-state index in [1.54, 1.807) is 6.08 Å². The molecule has 0 aromatic carbocycles. The highest BCUT2D eigenvalue weighted by molar-refractivity contribution is 6.27. The summed E-state index contributed by atoms with van der Waals surface area (Å²) in [4.78, 5) is 11.3. The lowest BCUT2D eigenvalue weighted by molar-refractivity contribution is 1.02. The molecule has 0 fully saturated rings. The molecule has 0 amide bonds. The van der Waals surface area contributed by atoms with Crippen molar-refractivity contribution in [1.29, 1.82) is 0 Å². The fraction of sp³-hybridized carbons (Fsp3) is 0.167. The van der Waals surface area contributed by atoms with Crippen LogP contribution < -0.4 is 5.32 Å². The van der Waals surface area contributed by atoms with Crippen molar-refractivity contribution in [2.24, 2.45) is 0 Å². The molecule has 0 bridgehead atoms. The summed E-state index contributed by atoms with van der Waals surface area (Å²) in [5.41, 5.74) is 0.913. The van der Waals surface area contributed by atoms with Gasteiger partial charge in [0.1, 0.15) is 18.2 Å². The van der Waals surface area contributed by atoms with Crippen LogP contribution in [0.2, 0.25) is 0 Å². The molecular formula is C6H6Cl2N4. The standard InChI is InChI=1S/C6H6Cl2N4/c7-2-1-5(8)12-6-10-3-9-4-11-6/h1-5H,(H,9,10,11,12). The molecule has 0 radical (unpaired) electrons. The molecule has 1 rings (SSSR count). The number of anilines is 1. The number of nitrogens with zero attached hydrogens (tertiary/aromatic N) is 3. The lowest BCUT2D eigenvalue weighted by atomic mass is 10.6. The predicted octanol–water partition coefficient (Wildman–Crippen LogP) is 1.60. The quantitative estimate of drug-likeness (QED) is 0.601. The highest BCUT2D eigenvalue weighted by Crippen LogP contribution is 2.02. The molecule has 1 aromatic heterocycles. The van der Waals surface area contributed by atoms with Crippen molar-refractivity contribution >= 4 is 29.2 Å². The zero-order valence-electron chi connectivity index (χ0n) is 5.98. The van der Waals surface area contributed by atoms with Gasteiger partial charge in [-0.2, -0.15) is 0 Å². The Morgan fingerprint density at radius 1 is 1.42 bits per heavy atom. The summed E-state index contributed by atoms with van der Waals surface area (Å²) in [7, 11) is 0. The van der Waals surface area contributed by atoms with Crippen LogP contribution in [0.1, 0.15) is 0 Å². The first-order valence-corrected chi connectivity index (χ1v) is 3.99. The molecule has 64 valence electrons. The van der Waals surface area contributed by atoms with Gasteiger partial charge in [0, 0.05) is 5.54 Å². The van der Waals surface area contributed by atoms with Gasteiger partial charge in [-0.3, -0.25) is 0 Å². The van der Waals surface area contributed by atoms with Crippen LogP contribution in [0.5, 0.6) is 0 Å². The maximum Gasteiger partial charge on any atom is 0.227 e. The smallest absolute Gasteiger partial charge is 0.227 e. The van der Waals surface area contributed by atoms with Crippen molar-refractivity contribution < 1.29 is 0 Å².